The molecule has 36 heavy (non-hydrogen) atoms. The lowest BCUT2D eigenvalue weighted by Crippen LogP contribution is -2.46. The third-order valence-electron chi connectivity index (χ3n) is 6.56. The van der Waals surface area contributed by atoms with Crippen LogP contribution in [0.4, 0.5) is 13.2 Å². The van der Waals surface area contributed by atoms with Crippen LogP contribution in [-0.4, -0.2) is 39.0 Å². The lowest BCUT2D eigenvalue weighted by Gasteiger charge is -2.33. The molecule has 2 heterocycles. The fraction of sp³-hybridized carbons (Fsp3) is 0.321. The van der Waals surface area contributed by atoms with E-state index in [0.717, 1.165) is 30.5 Å². The van der Waals surface area contributed by atoms with E-state index in [1.807, 2.05) is 44.3 Å². The van der Waals surface area contributed by atoms with Gasteiger partial charge in [0.05, 0.1) is 22.9 Å². The molecule has 0 aliphatic carbocycles. The van der Waals surface area contributed by atoms with Crippen LogP contribution in [0.15, 0.2) is 73.1 Å². The molecule has 1 amide bonds. The Morgan fingerprint density at radius 1 is 1.03 bits per heavy atom. The van der Waals surface area contributed by atoms with Gasteiger partial charge in [-0.15, -0.1) is 0 Å². The van der Waals surface area contributed by atoms with Gasteiger partial charge in [-0.2, -0.15) is 18.3 Å². The Balaban J connectivity index is 1.81. The SMILES string of the molecule is CCCCN(C)C(=O)C(C)(Cc1ccccc1)c1ccnc2c(-c3ccc(C(F)(F)F)cc3)cnn12. The quantitative estimate of drug-likeness (QED) is 0.294. The number of nitrogens with zero attached hydrogens (tertiary/aromatic N) is 4. The molecule has 0 bridgehead atoms. The highest BCUT2D eigenvalue weighted by atomic mass is 19.4. The molecule has 8 heteroatoms. The van der Waals surface area contributed by atoms with Crippen LogP contribution in [0.5, 0.6) is 0 Å². The van der Waals surface area contributed by atoms with E-state index >= 15 is 0 Å². The van der Waals surface area contributed by atoms with E-state index in [0.29, 0.717) is 35.4 Å². The molecule has 2 aromatic heterocycles. The average Bonchev–Trinajstić information content (AvgIpc) is 3.31. The molecule has 0 N–H and O–H groups in total. The molecule has 1 unspecified atom stereocenters. The number of carbonyl (C=O) groups excluding carboxylic acids is 1. The van der Waals surface area contributed by atoms with Crippen molar-refractivity contribution >= 4 is 11.6 Å². The smallest absolute Gasteiger partial charge is 0.345 e. The molecule has 0 fully saturated rings. The predicted molar refractivity (Wildman–Crippen MR) is 133 cm³/mol. The van der Waals surface area contributed by atoms with E-state index in [9.17, 15) is 18.0 Å². The summed E-state index contributed by atoms with van der Waals surface area (Å²) in [5.41, 5.74) is 1.66. The van der Waals surface area contributed by atoms with Crippen LogP contribution in [0.1, 0.15) is 43.5 Å². The summed E-state index contributed by atoms with van der Waals surface area (Å²) in [6.07, 6.45) is 1.13. The average molecular weight is 495 g/mol. The molecule has 5 nitrogen and oxygen atoms in total. The first-order valence-corrected chi connectivity index (χ1v) is 12.0. The molecule has 4 aromatic rings. The van der Waals surface area contributed by atoms with Crippen LogP contribution >= 0.6 is 0 Å². The summed E-state index contributed by atoms with van der Waals surface area (Å²) in [7, 11) is 1.82. The van der Waals surface area contributed by atoms with Gasteiger partial charge in [-0.05, 0) is 49.1 Å². The van der Waals surface area contributed by atoms with Gasteiger partial charge >= 0.3 is 6.18 Å². The highest BCUT2D eigenvalue weighted by molar-refractivity contribution is 5.88. The van der Waals surface area contributed by atoms with Crippen molar-refractivity contribution in [2.24, 2.45) is 0 Å². The third kappa shape index (κ3) is 4.98. The first-order chi connectivity index (χ1) is 17.1. The molecule has 0 saturated heterocycles. The number of aromatic nitrogens is 3. The van der Waals surface area contributed by atoms with Gasteiger partial charge in [0.2, 0.25) is 5.91 Å². The zero-order chi connectivity index (χ0) is 25.9. The fourth-order valence-electron chi connectivity index (χ4n) is 4.55. The van der Waals surface area contributed by atoms with Gasteiger partial charge in [-0.3, -0.25) is 4.79 Å². The Bertz CT molecular complexity index is 1330. The number of fused-ring (bicyclic) bond motifs is 1. The summed E-state index contributed by atoms with van der Waals surface area (Å²) in [4.78, 5) is 20.1. The van der Waals surface area contributed by atoms with Crippen LogP contribution in [0.3, 0.4) is 0 Å². The minimum absolute atomic E-state index is 0.0288. The number of benzene rings is 2. The number of rotatable bonds is 8. The van der Waals surface area contributed by atoms with Crippen molar-refractivity contribution in [2.45, 2.75) is 44.7 Å². The summed E-state index contributed by atoms with van der Waals surface area (Å²) >= 11 is 0. The molecule has 0 aliphatic heterocycles. The maximum atomic E-state index is 13.9. The second-order valence-electron chi connectivity index (χ2n) is 9.27. The second kappa shape index (κ2) is 10.1. The van der Waals surface area contributed by atoms with E-state index in [1.54, 1.807) is 27.9 Å². The van der Waals surface area contributed by atoms with Gasteiger partial charge in [0.1, 0.15) is 0 Å². The number of alkyl halides is 3. The van der Waals surface area contributed by atoms with Crippen molar-refractivity contribution in [3.05, 3.63) is 89.9 Å². The Hall–Kier alpha value is -3.68. The summed E-state index contributed by atoms with van der Waals surface area (Å²) in [6, 6.07) is 16.5. The highest BCUT2D eigenvalue weighted by Gasteiger charge is 2.40. The molecule has 188 valence electrons. The van der Waals surface area contributed by atoms with Crippen molar-refractivity contribution in [1.29, 1.82) is 0 Å². The molecule has 1 atom stereocenters. The minimum atomic E-state index is -4.41. The van der Waals surface area contributed by atoms with E-state index in [1.165, 1.54) is 12.1 Å². The van der Waals surface area contributed by atoms with E-state index in [2.05, 4.69) is 17.0 Å². The number of unbranched alkanes of at least 4 members (excludes halogenated alkanes) is 1. The Labute approximate surface area is 208 Å². The molecule has 2 aromatic carbocycles. The van der Waals surface area contributed by atoms with Gasteiger partial charge in [0.25, 0.3) is 0 Å². The van der Waals surface area contributed by atoms with Gasteiger partial charge in [0.15, 0.2) is 5.65 Å². The van der Waals surface area contributed by atoms with Crippen molar-refractivity contribution in [3.63, 3.8) is 0 Å². The molecule has 0 radical (unpaired) electrons. The molecular weight excluding hydrogens is 465 g/mol. The third-order valence-corrected chi connectivity index (χ3v) is 6.56. The summed E-state index contributed by atoms with van der Waals surface area (Å²) in [6.45, 7) is 4.64. The van der Waals surface area contributed by atoms with E-state index in [-0.39, 0.29) is 5.91 Å². The van der Waals surface area contributed by atoms with Gasteiger partial charge in [-0.1, -0.05) is 55.8 Å². The first-order valence-electron chi connectivity index (χ1n) is 12.0. The zero-order valence-corrected chi connectivity index (χ0v) is 20.6. The van der Waals surface area contributed by atoms with Crippen molar-refractivity contribution in [3.8, 4) is 11.1 Å². The molecular formula is C28H29F3N4O. The van der Waals surface area contributed by atoms with Crippen LogP contribution in [0.25, 0.3) is 16.8 Å². The van der Waals surface area contributed by atoms with Gasteiger partial charge in [-0.25, -0.2) is 9.50 Å². The molecule has 0 aliphatic rings. The Kier molecular flexibility index (Phi) is 7.15. The second-order valence-corrected chi connectivity index (χ2v) is 9.27. The summed E-state index contributed by atoms with van der Waals surface area (Å²) in [5.74, 6) is -0.0288. The monoisotopic (exact) mass is 494 g/mol. The lowest BCUT2D eigenvalue weighted by atomic mass is 9.78. The number of amides is 1. The highest BCUT2D eigenvalue weighted by Crippen LogP contribution is 2.34. The maximum Gasteiger partial charge on any atom is 0.416 e. The molecule has 0 saturated carbocycles. The van der Waals surface area contributed by atoms with E-state index in [4.69, 9.17) is 0 Å². The zero-order valence-electron chi connectivity index (χ0n) is 20.6. The maximum absolute atomic E-state index is 13.9. The minimum Gasteiger partial charge on any atom is -0.345 e. The van der Waals surface area contributed by atoms with Crippen LogP contribution in [-0.2, 0) is 22.8 Å². The normalized spacial score (nSPS) is 13.5. The number of hydrogen-bond donors (Lipinski definition) is 0. The van der Waals surface area contributed by atoms with Gasteiger partial charge in [0, 0.05) is 25.4 Å². The topological polar surface area (TPSA) is 50.5 Å². The van der Waals surface area contributed by atoms with Crippen molar-refractivity contribution < 1.29 is 18.0 Å². The largest absolute Gasteiger partial charge is 0.416 e. The fourth-order valence-corrected chi connectivity index (χ4v) is 4.55. The number of carbonyl (C=O) groups is 1. The Morgan fingerprint density at radius 2 is 1.72 bits per heavy atom. The molecule has 4 rings (SSSR count). The first kappa shape index (κ1) is 25.4. The van der Waals surface area contributed by atoms with Crippen molar-refractivity contribution in [2.75, 3.05) is 13.6 Å². The van der Waals surface area contributed by atoms with Crippen LogP contribution < -0.4 is 0 Å². The Morgan fingerprint density at radius 3 is 2.36 bits per heavy atom. The predicted octanol–water partition coefficient (Wildman–Crippen LogP) is 6.17. The van der Waals surface area contributed by atoms with Crippen molar-refractivity contribution in [1.82, 2.24) is 19.5 Å². The van der Waals surface area contributed by atoms with Crippen LogP contribution in [0.2, 0.25) is 0 Å². The number of halogens is 3. The lowest BCUT2D eigenvalue weighted by molar-refractivity contribution is -0.137. The number of likely N-dealkylation sites (N-methyl/N-ethyl adjacent to an activating group) is 1. The standard InChI is InChI=1S/C28H29F3N4O/c1-4-5-17-34(3)26(36)27(2,18-20-9-7-6-8-10-20)24-15-16-32-25-23(19-33-35(24)25)21-11-13-22(14-12-21)28(29,30)31/h6-16,19H,4-5,17-18H2,1-3H3. The summed E-state index contributed by atoms with van der Waals surface area (Å²) < 4.78 is 40.7. The summed E-state index contributed by atoms with van der Waals surface area (Å²) in [5, 5.41) is 4.54. The van der Waals surface area contributed by atoms with E-state index < -0.39 is 17.2 Å². The number of hydrogen-bond acceptors (Lipinski definition) is 3. The van der Waals surface area contributed by atoms with Gasteiger partial charge < -0.3 is 4.90 Å². The van der Waals surface area contributed by atoms with Crippen LogP contribution in [0, 0.1) is 0 Å². The molecule has 0 spiro atoms.